The van der Waals surface area contributed by atoms with Crippen molar-refractivity contribution in [2.75, 3.05) is 26.8 Å². The van der Waals surface area contributed by atoms with Crippen molar-refractivity contribution in [3.8, 4) is 0 Å². The third-order valence-corrected chi connectivity index (χ3v) is 4.61. The molecule has 0 radical (unpaired) electrons. The first kappa shape index (κ1) is 17.7. The number of piperidine rings is 1. The zero-order valence-electron chi connectivity index (χ0n) is 14.7. The van der Waals surface area contributed by atoms with Crippen LogP contribution in [0.3, 0.4) is 0 Å². The molecular weight excluding hydrogens is 320 g/mol. The molecule has 0 spiro atoms. The summed E-state index contributed by atoms with van der Waals surface area (Å²) in [5.74, 6) is 1.09. The van der Waals surface area contributed by atoms with E-state index in [-0.39, 0.29) is 11.8 Å². The van der Waals surface area contributed by atoms with Gasteiger partial charge in [0, 0.05) is 26.4 Å². The molecule has 1 aliphatic rings. The minimum absolute atomic E-state index is 0.0269. The van der Waals surface area contributed by atoms with E-state index in [1.54, 1.807) is 25.9 Å². The van der Waals surface area contributed by atoms with E-state index in [1.807, 2.05) is 16.7 Å². The topological polar surface area (TPSA) is 72.5 Å². The van der Waals surface area contributed by atoms with Crippen LogP contribution < -0.4 is 5.32 Å². The fourth-order valence-electron chi connectivity index (χ4n) is 3.24. The molecule has 0 unspecified atom stereocenters. The summed E-state index contributed by atoms with van der Waals surface area (Å²) >= 11 is 0. The minimum atomic E-state index is 0.0269. The van der Waals surface area contributed by atoms with Gasteiger partial charge in [0.05, 0.1) is 43.9 Å². The van der Waals surface area contributed by atoms with Gasteiger partial charge in [-0.25, -0.2) is 4.98 Å². The molecule has 7 nitrogen and oxygen atoms in total. The minimum Gasteiger partial charge on any atom is -0.468 e. The Bertz CT molecular complexity index is 653. The van der Waals surface area contributed by atoms with Crippen molar-refractivity contribution in [3.05, 3.63) is 42.4 Å². The highest BCUT2D eigenvalue weighted by Gasteiger charge is 2.26. The van der Waals surface area contributed by atoms with E-state index >= 15 is 0 Å². The first-order valence-corrected chi connectivity index (χ1v) is 8.76. The molecule has 1 amide bonds. The first-order chi connectivity index (χ1) is 12.3. The molecule has 0 saturated carbocycles. The lowest BCUT2D eigenvalue weighted by Gasteiger charge is -2.31. The van der Waals surface area contributed by atoms with Gasteiger partial charge in [0.2, 0.25) is 5.91 Å². The van der Waals surface area contributed by atoms with E-state index in [0.717, 1.165) is 50.5 Å². The molecule has 3 rings (SSSR count). The number of hydrogen-bond acceptors (Lipinski definition) is 5. The van der Waals surface area contributed by atoms with Gasteiger partial charge in [0.25, 0.3) is 0 Å². The van der Waals surface area contributed by atoms with Crippen LogP contribution in [0.4, 0.5) is 0 Å². The summed E-state index contributed by atoms with van der Waals surface area (Å²) in [6, 6.07) is 3.88. The maximum atomic E-state index is 12.6. The molecule has 2 aromatic heterocycles. The van der Waals surface area contributed by atoms with E-state index < -0.39 is 0 Å². The van der Waals surface area contributed by atoms with Gasteiger partial charge < -0.3 is 19.0 Å². The first-order valence-electron chi connectivity index (χ1n) is 8.76. The van der Waals surface area contributed by atoms with Crippen molar-refractivity contribution in [2.45, 2.75) is 32.5 Å². The normalized spacial score (nSPS) is 18.4. The summed E-state index contributed by atoms with van der Waals surface area (Å²) in [6.07, 6.45) is 7.22. The predicted octanol–water partition coefficient (Wildman–Crippen LogP) is 1.65. The standard InChI is InChI=1S/C18H26N4O3/c1-24-9-7-22-14-19-10-16(22)11-20-18(23)15-4-2-6-21(12-15)13-17-5-3-8-25-17/h3,5,8,10,14-15H,2,4,6-7,9,11-13H2,1H3,(H,20,23)/t15-/m1/s1. The molecule has 7 heteroatoms. The Morgan fingerprint density at radius 1 is 1.52 bits per heavy atom. The third-order valence-electron chi connectivity index (χ3n) is 4.61. The molecule has 0 aromatic carbocycles. The average Bonchev–Trinajstić information content (AvgIpc) is 3.29. The highest BCUT2D eigenvalue weighted by atomic mass is 16.5. The van der Waals surface area contributed by atoms with Crippen LogP contribution in [0.5, 0.6) is 0 Å². The number of aromatic nitrogens is 2. The van der Waals surface area contributed by atoms with E-state index in [1.165, 1.54) is 0 Å². The molecule has 1 atom stereocenters. The van der Waals surface area contributed by atoms with Gasteiger partial charge in [-0.15, -0.1) is 0 Å². The van der Waals surface area contributed by atoms with E-state index in [4.69, 9.17) is 9.15 Å². The fourth-order valence-corrected chi connectivity index (χ4v) is 3.24. The largest absolute Gasteiger partial charge is 0.468 e. The van der Waals surface area contributed by atoms with Crippen molar-refractivity contribution < 1.29 is 13.9 Å². The van der Waals surface area contributed by atoms with Crippen molar-refractivity contribution in [1.29, 1.82) is 0 Å². The zero-order chi connectivity index (χ0) is 17.5. The number of amides is 1. The second-order valence-corrected chi connectivity index (χ2v) is 6.44. The van der Waals surface area contributed by atoms with Crippen molar-refractivity contribution in [2.24, 2.45) is 5.92 Å². The Labute approximate surface area is 148 Å². The molecule has 2 aromatic rings. The highest BCUT2D eigenvalue weighted by Crippen LogP contribution is 2.19. The molecule has 1 saturated heterocycles. The van der Waals surface area contributed by atoms with Gasteiger partial charge in [0.1, 0.15) is 5.76 Å². The van der Waals surface area contributed by atoms with Gasteiger partial charge in [-0.1, -0.05) is 0 Å². The zero-order valence-corrected chi connectivity index (χ0v) is 14.7. The number of carbonyl (C=O) groups is 1. The van der Waals surface area contributed by atoms with Crippen LogP contribution in [0.2, 0.25) is 0 Å². The maximum Gasteiger partial charge on any atom is 0.224 e. The maximum absolute atomic E-state index is 12.6. The second kappa shape index (κ2) is 8.82. The van der Waals surface area contributed by atoms with Crippen molar-refractivity contribution in [1.82, 2.24) is 19.8 Å². The van der Waals surface area contributed by atoms with Gasteiger partial charge in [-0.2, -0.15) is 0 Å². The van der Waals surface area contributed by atoms with E-state index in [9.17, 15) is 4.79 Å². The predicted molar refractivity (Wildman–Crippen MR) is 92.7 cm³/mol. The van der Waals surface area contributed by atoms with Gasteiger partial charge in [-0.05, 0) is 31.5 Å². The third kappa shape index (κ3) is 4.93. The SMILES string of the molecule is COCCn1cncc1CNC(=O)[C@@H]1CCCN(Cc2ccco2)C1. The summed E-state index contributed by atoms with van der Waals surface area (Å²) in [4.78, 5) is 19.0. The van der Waals surface area contributed by atoms with Crippen LogP contribution in [-0.4, -0.2) is 47.2 Å². The second-order valence-electron chi connectivity index (χ2n) is 6.44. The summed E-state index contributed by atoms with van der Waals surface area (Å²) in [5.41, 5.74) is 0.994. The Morgan fingerprint density at radius 2 is 2.44 bits per heavy atom. The molecular formula is C18H26N4O3. The molecule has 3 heterocycles. The Kier molecular flexibility index (Phi) is 6.25. The average molecular weight is 346 g/mol. The van der Waals surface area contributed by atoms with Crippen LogP contribution in [0.15, 0.2) is 35.3 Å². The summed E-state index contributed by atoms with van der Waals surface area (Å²) in [5, 5.41) is 3.06. The molecule has 25 heavy (non-hydrogen) atoms. The van der Waals surface area contributed by atoms with Crippen molar-refractivity contribution >= 4 is 5.91 Å². The van der Waals surface area contributed by atoms with Gasteiger partial charge >= 0.3 is 0 Å². The number of carbonyl (C=O) groups excluding carboxylic acids is 1. The molecule has 0 aliphatic carbocycles. The highest BCUT2D eigenvalue weighted by molar-refractivity contribution is 5.78. The van der Waals surface area contributed by atoms with Crippen LogP contribution in [0, 0.1) is 5.92 Å². The number of furan rings is 1. The smallest absolute Gasteiger partial charge is 0.224 e. The summed E-state index contributed by atoms with van der Waals surface area (Å²) in [7, 11) is 1.68. The van der Waals surface area contributed by atoms with Crippen molar-refractivity contribution in [3.63, 3.8) is 0 Å². The summed E-state index contributed by atoms with van der Waals surface area (Å²) in [6.45, 7) is 4.41. The molecule has 1 N–H and O–H groups in total. The Hall–Kier alpha value is -2.12. The number of imidazole rings is 1. The van der Waals surface area contributed by atoms with Crippen LogP contribution in [0.25, 0.3) is 0 Å². The lowest BCUT2D eigenvalue weighted by molar-refractivity contribution is -0.127. The number of ether oxygens (including phenoxy) is 1. The number of methoxy groups -OCH3 is 1. The number of likely N-dealkylation sites (tertiary alicyclic amines) is 1. The molecule has 1 aliphatic heterocycles. The van der Waals surface area contributed by atoms with Crippen LogP contribution in [-0.2, 0) is 29.2 Å². The number of rotatable bonds is 8. The number of hydrogen-bond donors (Lipinski definition) is 1. The number of nitrogens with zero attached hydrogens (tertiary/aromatic N) is 3. The number of nitrogens with one attached hydrogen (secondary N) is 1. The molecule has 136 valence electrons. The lowest BCUT2D eigenvalue weighted by atomic mass is 9.97. The Balaban J connectivity index is 1.48. The fraction of sp³-hybridized carbons (Fsp3) is 0.556. The van der Waals surface area contributed by atoms with E-state index in [2.05, 4.69) is 15.2 Å². The van der Waals surface area contributed by atoms with E-state index in [0.29, 0.717) is 13.2 Å². The van der Waals surface area contributed by atoms with Crippen LogP contribution >= 0.6 is 0 Å². The monoisotopic (exact) mass is 346 g/mol. The Morgan fingerprint density at radius 3 is 3.24 bits per heavy atom. The van der Waals surface area contributed by atoms with Crippen LogP contribution in [0.1, 0.15) is 24.3 Å². The molecule has 1 fully saturated rings. The molecule has 0 bridgehead atoms. The van der Waals surface area contributed by atoms with Gasteiger partial charge in [0.15, 0.2) is 0 Å². The van der Waals surface area contributed by atoms with Gasteiger partial charge in [-0.3, -0.25) is 9.69 Å². The summed E-state index contributed by atoms with van der Waals surface area (Å²) < 4.78 is 12.5. The lowest BCUT2D eigenvalue weighted by Crippen LogP contribution is -2.42. The quantitative estimate of drug-likeness (QED) is 0.787.